The van der Waals surface area contributed by atoms with Gasteiger partial charge in [-0.15, -0.1) is 10.2 Å². The van der Waals surface area contributed by atoms with Crippen molar-refractivity contribution in [3.05, 3.63) is 35.1 Å². The zero-order valence-corrected chi connectivity index (χ0v) is 15.9. The third-order valence-electron chi connectivity index (χ3n) is 3.71. The van der Waals surface area contributed by atoms with E-state index in [-0.39, 0.29) is 17.3 Å². The van der Waals surface area contributed by atoms with Gasteiger partial charge in [-0.3, -0.25) is 14.3 Å². The molecule has 0 saturated heterocycles. The Labute approximate surface area is 151 Å². The second-order valence-corrected chi connectivity index (χ2v) is 7.32. The maximum Gasteiger partial charge on any atom is 0.318 e. The van der Waals surface area contributed by atoms with Gasteiger partial charge in [0.2, 0.25) is 0 Å². The van der Waals surface area contributed by atoms with E-state index in [2.05, 4.69) is 22.0 Å². The summed E-state index contributed by atoms with van der Waals surface area (Å²) in [5.74, 6) is 0.495. The van der Waals surface area contributed by atoms with Gasteiger partial charge in [0, 0.05) is 10.7 Å². The largest absolute Gasteiger partial charge is 0.468 e. The third-order valence-corrected chi connectivity index (χ3v) is 4.98. The zero-order valence-electron chi connectivity index (χ0n) is 14.4. The van der Waals surface area contributed by atoms with Gasteiger partial charge in [-0.25, -0.2) is 0 Å². The number of benzene rings is 1. The molecule has 2 unspecified atom stereocenters. The summed E-state index contributed by atoms with van der Waals surface area (Å²) in [5, 5.41) is 9.54. The molecule has 1 heterocycles. The molecule has 2 atom stereocenters. The molecular weight excluding hydrogens is 348 g/mol. The first-order valence-corrected chi connectivity index (χ1v) is 8.73. The number of hydrogen-bond donors (Lipinski definition) is 0. The van der Waals surface area contributed by atoms with Crippen LogP contribution >= 0.6 is 23.4 Å². The number of esters is 1. The molecule has 1 aromatic carbocycles. The predicted octanol–water partition coefficient (Wildman–Crippen LogP) is 3.20. The van der Waals surface area contributed by atoms with E-state index < -0.39 is 0 Å². The molecule has 0 spiro atoms. The molecule has 1 aromatic heterocycles. The van der Waals surface area contributed by atoms with Gasteiger partial charge in [0.15, 0.2) is 11.0 Å². The summed E-state index contributed by atoms with van der Waals surface area (Å²) in [6.07, 6.45) is 0. The molecule has 0 bridgehead atoms. The number of hydrogen-bond acceptors (Lipinski definition) is 6. The number of carbonyl (C=O) groups is 1. The van der Waals surface area contributed by atoms with Crippen LogP contribution in [-0.2, 0) is 9.53 Å². The molecule has 2 aromatic rings. The molecule has 0 N–H and O–H groups in total. The number of rotatable bonds is 6. The van der Waals surface area contributed by atoms with E-state index >= 15 is 0 Å². The van der Waals surface area contributed by atoms with Crippen LogP contribution in [0.3, 0.4) is 0 Å². The van der Waals surface area contributed by atoms with Gasteiger partial charge in [-0.1, -0.05) is 23.4 Å². The Morgan fingerprint density at radius 3 is 2.42 bits per heavy atom. The molecule has 0 aliphatic rings. The number of halogens is 1. The van der Waals surface area contributed by atoms with Gasteiger partial charge < -0.3 is 4.74 Å². The molecule has 0 radical (unpaired) electrons. The smallest absolute Gasteiger partial charge is 0.318 e. The number of nitrogens with zero attached hydrogens (tertiary/aromatic N) is 4. The average Bonchev–Trinajstić information content (AvgIpc) is 2.97. The third kappa shape index (κ3) is 4.09. The summed E-state index contributed by atoms with van der Waals surface area (Å²) in [6, 6.07) is 7.50. The predicted molar refractivity (Wildman–Crippen MR) is 95.8 cm³/mol. The van der Waals surface area contributed by atoms with Crippen LogP contribution in [0.25, 0.3) is 5.69 Å². The molecule has 2 rings (SSSR count). The number of thioether (sulfide) groups is 1. The van der Waals surface area contributed by atoms with Crippen LogP contribution in [0.1, 0.15) is 25.7 Å². The van der Waals surface area contributed by atoms with E-state index in [1.807, 2.05) is 42.9 Å². The van der Waals surface area contributed by atoms with Crippen LogP contribution in [0, 0.1) is 0 Å². The Bertz CT molecular complexity index is 703. The maximum absolute atomic E-state index is 11.7. The van der Waals surface area contributed by atoms with Crippen molar-refractivity contribution in [1.29, 1.82) is 0 Å². The molecule has 6 nitrogen and oxygen atoms in total. The Balaban J connectivity index is 2.47. The fraction of sp³-hybridized carbons (Fsp3) is 0.438. The standard InChI is InChI=1S/C16H21ClN4O2S/c1-10(20(3)4)14-18-19-16(24-11(2)15(22)23-5)21(14)13-8-6-12(17)7-9-13/h6-11H,1-5H3. The van der Waals surface area contributed by atoms with Crippen molar-refractivity contribution in [3.63, 3.8) is 0 Å². The SMILES string of the molecule is COC(=O)C(C)Sc1nnc(C(C)N(C)C)n1-c1ccc(Cl)cc1. The number of aromatic nitrogens is 3. The Kier molecular flexibility index (Phi) is 6.26. The van der Waals surface area contributed by atoms with Crippen molar-refractivity contribution in [3.8, 4) is 5.69 Å². The molecular formula is C16H21ClN4O2S. The Hall–Kier alpha value is -1.57. The van der Waals surface area contributed by atoms with E-state index in [9.17, 15) is 4.79 Å². The first-order valence-electron chi connectivity index (χ1n) is 7.47. The lowest BCUT2D eigenvalue weighted by atomic mass is 10.2. The Morgan fingerprint density at radius 1 is 1.25 bits per heavy atom. The molecule has 0 fully saturated rings. The second kappa shape index (κ2) is 8.00. The summed E-state index contributed by atoms with van der Waals surface area (Å²) in [5.41, 5.74) is 0.896. The lowest BCUT2D eigenvalue weighted by Gasteiger charge is -2.20. The minimum Gasteiger partial charge on any atom is -0.468 e. The highest BCUT2D eigenvalue weighted by Gasteiger charge is 2.24. The summed E-state index contributed by atoms with van der Waals surface area (Å²) in [4.78, 5) is 13.8. The van der Waals surface area contributed by atoms with Crippen molar-refractivity contribution in [2.75, 3.05) is 21.2 Å². The van der Waals surface area contributed by atoms with Crippen LogP contribution in [0.2, 0.25) is 5.02 Å². The highest BCUT2D eigenvalue weighted by molar-refractivity contribution is 8.00. The zero-order chi connectivity index (χ0) is 17.9. The summed E-state index contributed by atoms with van der Waals surface area (Å²) in [6.45, 7) is 3.83. The molecule has 0 saturated carbocycles. The first-order chi connectivity index (χ1) is 11.3. The van der Waals surface area contributed by atoms with E-state index in [4.69, 9.17) is 16.3 Å². The lowest BCUT2D eigenvalue weighted by Crippen LogP contribution is -2.21. The number of methoxy groups -OCH3 is 1. The van der Waals surface area contributed by atoms with Crippen molar-refractivity contribution in [1.82, 2.24) is 19.7 Å². The molecule has 0 amide bonds. The molecule has 0 aliphatic carbocycles. The average molecular weight is 369 g/mol. The summed E-state index contributed by atoms with van der Waals surface area (Å²) >= 11 is 7.31. The van der Waals surface area contributed by atoms with Gasteiger partial charge in [-0.05, 0) is 52.2 Å². The topological polar surface area (TPSA) is 60.2 Å². The quantitative estimate of drug-likeness (QED) is 0.576. The van der Waals surface area contributed by atoms with Crippen molar-refractivity contribution < 1.29 is 9.53 Å². The highest BCUT2D eigenvalue weighted by atomic mass is 35.5. The highest BCUT2D eigenvalue weighted by Crippen LogP contribution is 2.29. The molecule has 8 heteroatoms. The van der Waals surface area contributed by atoms with Gasteiger partial charge in [0.1, 0.15) is 5.25 Å². The summed E-state index contributed by atoms with van der Waals surface area (Å²) in [7, 11) is 5.34. The van der Waals surface area contributed by atoms with Gasteiger partial charge in [0.25, 0.3) is 0 Å². The van der Waals surface area contributed by atoms with E-state index in [0.29, 0.717) is 10.2 Å². The van der Waals surface area contributed by atoms with Crippen LogP contribution < -0.4 is 0 Å². The first kappa shape index (κ1) is 18.8. The van der Waals surface area contributed by atoms with Gasteiger partial charge >= 0.3 is 5.97 Å². The minimum absolute atomic E-state index is 0.0518. The fourth-order valence-corrected chi connectivity index (χ4v) is 3.09. The molecule has 130 valence electrons. The van der Waals surface area contributed by atoms with Crippen LogP contribution in [-0.4, -0.2) is 52.1 Å². The molecule has 0 aliphatic heterocycles. The van der Waals surface area contributed by atoms with E-state index in [0.717, 1.165) is 11.5 Å². The van der Waals surface area contributed by atoms with Gasteiger partial charge in [-0.2, -0.15) is 0 Å². The minimum atomic E-state index is -0.382. The van der Waals surface area contributed by atoms with Crippen molar-refractivity contribution >= 4 is 29.3 Å². The normalized spacial score (nSPS) is 13.8. The monoisotopic (exact) mass is 368 g/mol. The van der Waals surface area contributed by atoms with Gasteiger partial charge in [0.05, 0.1) is 13.2 Å². The van der Waals surface area contributed by atoms with Crippen molar-refractivity contribution in [2.45, 2.75) is 30.3 Å². The Morgan fingerprint density at radius 2 is 1.88 bits per heavy atom. The fourth-order valence-electron chi connectivity index (χ4n) is 2.06. The maximum atomic E-state index is 11.7. The van der Waals surface area contributed by atoms with Crippen LogP contribution in [0.15, 0.2) is 29.4 Å². The van der Waals surface area contributed by atoms with Crippen LogP contribution in [0.4, 0.5) is 0 Å². The van der Waals surface area contributed by atoms with E-state index in [1.54, 1.807) is 6.92 Å². The van der Waals surface area contributed by atoms with Crippen LogP contribution in [0.5, 0.6) is 0 Å². The number of ether oxygens (including phenoxy) is 1. The summed E-state index contributed by atoms with van der Waals surface area (Å²) < 4.78 is 6.74. The second-order valence-electron chi connectivity index (χ2n) is 5.58. The molecule has 24 heavy (non-hydrogen) atoms. The van der Waals surface area contributed by atoms with E-state index in [1.165, 1.54) is 18.9 Å². The number of carbonyl (C=O) groups excluding carboxylic acids is 1. The van der Waals surface area contributed by atoms with Crippen molar-refractivity contribution in [2.24, 2.45) is 0 Å². The lowest BCUT2D eigenvalue weighted by molar-refractivity contribution is -0.139.